The average molecular weight is 293 g/mol. The van der Waals surface area contributed by atoms with Crippen LogP contribution in [-0.2, 0) is 16.1 Å². The van der Waals surface area contributed by atoms with Crippen LogP contribution in [0.4, 0.5) is 5.69 Å². The quantitative estimate of drug-likeness (QED) is 0.549. The number of phenols is 1. The van der Waals surface area contributed by atoms with Crippen molar-refractivity contribution >= 4 is 11.6 Å². The van der Waals surface area contributed by atoms with E-state index in [2.05, 4.69) is 10.2 Å². The Balaban J connectivity index is 2.04. The van der Waals surface area contributed by atoms with Gasteiger partial charge in [0.05, 0.1) is 18.9 Å². The second-order valence-electron chi connectivity index (χ2n) is 5.25. The van der Waals surface area contributed by atoms with Crippen molar-refractivity contribution in [1.29, 1.82) is 0 Å². The largest absolute Gasteiger partial charge is 0.506 e. The molecule has 2 rings (SSSR count). The van der Waals surface area contributed by atoms with Gasteiger partial charge in [0, 0.05) is 19.6 Å². The van der Waals surface area contributed by atoms with Gasteiger partial charge in [0.15, 0.2) is 0 Å². The van der Waals surface area contributed by atoms with Crippen molar-refractivity contribution in [2.24, 2.45) is 0 Å². The monoisotopic (exact) mass is 293 g/mol. The normalized spacial score (nSPS) is 19.4. The highest BCUT2D eigenvalue weighted by molar-refractivity contribution is 5.82. The third-order valence-corrected chi connectivity index (χ3v) is 3.57. The zero-order chi connectivity index (χ0) is 15.2. The van der Waals surface area contributed by atoms with Gasteiger partial charge in [-0.2, -0.15) is 0 Å². The van der Waals surface area contributed by atoms with Gasteiger partial charge in [0.2, 0.25) is 5.91 Å². The number of rotatable bonds is 5. The summed E-state index contributed by atoms with van der Waals surface area (Å²) in [7, 11) is 0. The molecule has 116 valence electrons. The van der Waals surface area contributed by atoms with Crippen LogP contribution in [0.2, 0.25) is 0 Å². The number of carbonyl (C=O) groups is 1. The van der Waals surface area contributed by atoms with Gasteiger partial charge >= 0.3 is 0 Å². The molecule has 0 aliphatic carbocycles. The number of aromatic hydroxyl groups is 1. The first-order valence-electron chi connectivity index (χ1n) is 7.28. The van der Waals surface area contributed by atoms with Gasteiger partial charge in [0.1, 0.15) is 11.8 Å². The molecule has 1 unspecified atom stereocenters. The maximum Gasteiger partial charge on any atom is 0.239 e. The van der Waals surface area contributed by atoms with Crippen molar-refractivity contribution in [1.82, 2.24) is 10.2 Å². The van der Waals surface area contributed by atoms with E-state index in [1.165, 1.54) is 0 Å². The van der Waals surface area contributed by atoms with Crippen LogP contribution in [-0.4, -0.2) is 48.3 Å². The fourth-order valence-corrected chi connectivity index (χ4v) is 2.37. The molecular formula is C15H23N3O3. The van der Waals surface area contributed by atoms with Crippen LogP contribution in [0.15, 0.2) is 18.2 Å². The second-order valence-corrected chi connectivity index (χ2v) is 5.25. The summed E-state index contributed by atoms with van der Waals surface area (Å²) >= 11 is 0. The molecule has 1 heterocycles. The molecule has 0 bridgehead atoms. The Morgan fingerprint density at radius 2 is 2.38 bits per heavy atom. The molecule has 1 amide bonds. The highest BCUT2D eigenvalue weighted by Crippen LogP contribution is 2.22. The SMILES string of the molecule is CCCNC(=O)C1COCCN1Cc1ccc(O)c(N)c1. The number of carbonyl (C=O) groups excluding carboxylic acids is 1. The van der Waals surface area contributed by atoms with Crippen LogP contribution in [0.25, 0.3) is 0 Å². The van der Waals surface area contributed by atoms with E-state index < -0.39 is 0 Å². The molecule has 1 aromatic carbocycles. The lowest BCUT2D eigenvalue weighted by molar-refractivity contribution is -0.132. The predicted octanol–water partition coefficient (Wildman–Crippen LogP) is 0.701. The van der Waals surface area contributed by atoms with Gasteiger partial charge in [-0.25, -0.2) is 0 Å². The highest BCUT2D eigenvalue weighted by atomic mass is 16.5. The number of nitrogens with zero attached hydrogens (tertiary/aromatic N) is 1. The van der Waals surface area contributed by atoms with Crippen LogP contribution in [0.3, 0.4) is 0 Å². The first-order valence-corrected chi connectivity index (χ1v) is 7.28. The van der Waals surface area contributed by atoms with Crippen molar-refractivity contribution in [2.45, 2.75) is 25.9 Å². The van der Waals surface area contributed by atoms with Crippen molar-refractivity contribution in [3.05, 3.63) is 23.8 Å². The molecule has 0 aromatic heterocycles. The second kappa shape index (κ2) is 7.28. The zero-order valence-corrected chi connectivity index (χ0v) is 12.3. The van der Waals surface area contributed by atoms with Crippen molar-refractivity contribution in [3.8, 4) is 5.75 Å². The molecule has 1 atom stereocenters. The van der Waals surface area contributed by atoms with Crippen LogP contribution in [0.1, 0.15) is 18.9 Å². The van der Waals surface area contributed by atoms with Crippen LogP contribution < -0.4 is 11.1 Å². The molecular weight excluding hydrogens is 270 g/mol. The molecule has 6 heteroatoms. The van der Waals surface area contributed by atoms with E-state index in [0.29, 0.717) is 38.5 Å². The van der Waals surface area contributed by atoms with Gasteiger partial charge < -0.3 is 20.9 Å². The lowest BCUT2D eigenvalue weighted by atomic mass is 10.1. The average Bonchev–Trinajstić information content (AvgIpc) is 2.49. The summed E-state index contributed by atoms with van der Waals surface area (Å²) < 4.78 is 5.43. The van der Waals surface area contributed by atoms with E-state index in [4.69, 9.17) is 10.5 Å². The number of benzene rings is 1. The minimum Gasteiger partial charge on any atom is -0.506 e. The third-order valence-electron chi connectivity index (χ3n) is 3.57. The molecule has 1 aromatic rings. The van der Waals surface area contributed by atoms with E-state index in [9.17, 15) is 9.90 Å². The highest BCUT2D eigenvalue weighted by Gasteiger charge is 2.29. The first kappa shape index (κ1) is 15.6. The maximum absolute atomic E-state index is 12.2. The zero-order valence-electron chi connectivity index (χ0n) is 12.3. The molecule has 1 fully saturated rings. The number of hydrogen-bond acceptors (Lipinski definition) is 5. The standard InChI is InChI=1S/C15H23N3O3/c1-2-5-17-15(20)13-10-21-7-6-18(13)9-11-3-4-14(19)12(16)8-11/h3-4,8,13,19H,2,5-7,9-10,16H2,1H3,(H,17,20). The summed E-state index contributed by atoms with van der Waals surface area (Å²) in [6, 6.07) is 4.87. The number of nitrogen functional groups attached to an aromatic ring is 1. The van der Waals surface area contributed by atoms with Gasteiger partial charge in [-0.05, 0) is 24.1 Å². The van der Waals surface area contributed by atoms with E-state index in [1.807, 2.05) is 13.0 Å². The Morgan fingerprint density at radius 3 is 3.10 bits per heavy atom. The van der Waals surface area contributed by atoms with Gasteiger partial charge in [-0.1, -0.05) is 13.0 Å². The minimum atomic E-state index is -0.277. The number of hydrogen-bond donors (Lipinski definition) is 3. The Hall–Kier alpha value is -1.79. The van der Waals surface area contributed by atoms with Crippen LogP contribution >= 0.6 is 0 Å². The Kier molecular flexibility index (Phi) is 5.41. The Bertz CT molecular complexity index is 493. The number of morpholine rings is 1. The molecule has 21 heavy (non-hydrogen) atoms. The summed E-state index contributed by atoms with van der Waals surface area (Å²) in [5, 5.41) is 12.4. The summed E-state index contributed by atoms with van der Waals surface area (Å²) in [5.41, 5.74) is 7.04. The summed E-state index contributed by atoms with van der Waals surface area (Å²) in [4.78, 5) is 14.3. The number of nitrogens with two attached hydrogens (primary N) is 1. The smallest absolute Gasteiger partial charge is 0.239 e. The van der Waals surface area contributed by atoms with E-state index in [0.717, 1.165) is 12.0 Å². The number of ether oxygens (including phenoxy) is 1. The molecule has 4 N–H and O–H groups in total. The molecule has 0 spiro atoms. The molecule has 0 saturated carbocycles. The third kappa shape index (κ3) is 4.09. The first-order chi connectivity index (χ1) is 10.1. The van der Waals surface area contributed by atoms with Crippen LogP contribution in [0.5, 0.6) is 5.75 Å². The van der Waals surface area contributed by atoms with Gasteiger partial charge in [-0.15, -0.1) is 0 Å². The Morgan fingerprint density at radius 1 is 1.57 bits per heavy atom. The number of amides is 1. The van der Waals surface area contributed by atoms with Crippen LogP contribution in [0, 0.1) is 0 Å². The lowest BCUT2D eigenvalue weighted by Crippen LogP contribution is -2.53. The lowest BCUT2D eigenvalue weighted by Gasteiger charge is -2.34. The van der Waals surface area contributed by atoms with E-state index >= 15 is 0 Å². The molecule has 0 radical (unpaired) electrons. The maximum atomic E-state index is 12.2. The predicted molar refractivity (Wildman–Crippen MR) is 80.8 cm³/mol. The van der Waals surface area contributed by atoms with E-state index in [-0.39, 0.29) is 17.7 Å². The number of nitrogens with one attached hydrogen (secondary N) is 1. The van der Waals surface area contributed by atoms with Crippen molar-refractivity contribution in [2.75, 3.05) is 32.0 Å². The summed E-state index contributed by atoms with van der Waals surface area (Å²) in [5.74, 6) is 0.0845. The van der Waals surface area contributed by atoms with Gasteiger partial charge in [0.25, 0.3) is 0 Å². The van der Waals surface area contributed by atoms with Crippen molar-refractivity contribution in [3.63, 3.8) is 0 Å². The number of phenolic OH excluding ortho intramolecular Hbond substituents is 1. The molecule has 1 saturated heterocycles. The topological polar surface area (TPSA) is 87.8 Å². The van der Waals surface area contributed by atoms with Crippen molar-refractivity contribution < 1.29 is 14.6 Å². The summed E-state index contributed by atoms with van der Waals surface area (Å²) in [6.45, 7) is 5.03. The van der Waals surface area contributed by atoms with Gasteiger partial charge in [-0.3, -0.25) is 9.69 Å². The summed E-state index contributed by atoms with van der Waals surface area (Å²) in [6.07, 6.45) is 0.911. The number of anilines is 1. The fourth-order valence-electron chi connectivity index (χ4n) is 2.37. The van der Waals surface area contributed by atoms with E-state index in [1.54, 1.807) is 12.1 Å². The Labute approximate surface area is 124 Å². The molecule has 1 aliphatic rings. The molecule has 1 aliphatic heterocycles. The fraction of sp³-hybridized carbons (Fsp3) is 0.533. The molecule has 6 nitrogen and oxygen atoms in total. The minimum absolute atomic E-state index is 0.00306.